The Hall–Kier alpha value is -3.17. The zero-order valence-electron chi connectivity index (χ0n) is 13.7. The third-order valence-electron chi connectivity index (χ3n) is 3.00. The van der Waals surface area contributed by atoms with E-state index in [9.17, 15) is 22.8 Å². The summed E-state index contributed by atoms with van der Waals surface area (Å²) in [5.41, 5.74) is 0.775. The minimum atomic E-state index is -4.80. The predicted molar refractivity (Wildman–Crippen MR) is 83.4 cm³/mol. The number of aromatic nitrogens is 2. The average molecular weight is 369 g/mol. The summed E-state index contributed by atoms with van der Waals surface area (Å²) in [7, 11) is 0. The SMILES string of the molecule is Cc1cnc(C(=O)OC(C)C(=O)Nc2ccc(OC(F)(F)F)cc2)cn1. The Bertz CT molecular complexity index is 777. The molecule has 1 atom stereocenters. The lowest BCUT2D eigenvalue weighted by Gasteiger charge is -2.14. The molecule has 1 aromatic heterocycles. The number of nitrogens with zero attached hydrogens (tertiary/aromatic N) is 2. The second-order valence-electron chi connectivity index (χ2n) is 5.15. The lowest BCUT2D eigenvalue weighted by Crippen LogP contribution is -2.30. The molecule has 1 N–H and O–H groups in total. The van der Waals surface area contributed by atoms with Crippen LogP contribution < -0.4 is 10.1 Å². The highest BCUT2D eigenvalue weighted by atomic mass is 19.4. The Morgan fingerprint density at radius 1 is 1.12 bits per heavy atom. The molecule has 1 unspecified atom stereocenters. The molecule has 0 aliphatic heterocycles. The van der Waals surface area contributed by atoms with Crippen LogP contribution in [0.4, 0.5) is 18.9 Å². The number of nitrogens with one attached hydrogen (secondary N) is 1. The van der Waals surface area contributed by atoms with Gasteiger partial charge in [-0.25, -0.2) is 9.78 Å². The van der Waals surface area contributed by atoms with E-state index in [1.54, 1.807) is 6.92 Å². The number of alkyl halides is 3. The minimum absolute atomic E-state index is 0.0519. The smallest absolute Gasteiger partial charge is 0.448 e. The van der Waals surface area contributed by atoms with Crippen LogP contribution in [0, 0.1) is 6.92 Å². The van der Waals surface area contributed by atoms with E-state index in [-0.39, 0.29) is 11.4 Å². The normalized spacial score (nSPS) is 12.2. The topological polar surface area (TPSA) is 90.4 Å². The van der Waals surface area contributed by atoms with Crippen molar-refractivity contribution in [2.45, 2.75) is 26.3 Å². The number of halogens is 3. The molecule has 1 aromatic carbocycles. The molecule has 0 saturated heterocycles. The van der Waals surface area contributed by atoms with E-state index in [1.165, 1.54) is 31.5 Å². The van der Waals surface area contributed by atoms with Crippen molar-refractivity contribution in [2.75, 3.05) is 5.32 Å². The summed E-state index contributed by atoms with van der Waals surface area (Å²) in [6, 6.07) is 4.53. The van der Waals surface area contributed by atoms with Gasteiger partial charge in [-0.3, -0.25) is 9.78 Å². The molecule has 1 heterocycles. The number of aryl methyl sites for hydroxylation is 1. The van der Waals surface area contributed by atoms with Crippen molar-refractivity contribution in [3.05, 3.63) is 48.0 Å². The Labute approximate surface area is 146 Å². The molecule has 7 nitrogen and oxygen atoms in total. The van der Waals surface area contributed by atoms with Gasteiger partial charge >= 0.3 is 12.3 Å². The fraction of sp³-hybridized carbons (Fsp3) is 0.250. The molecule has 0 spiro atoms. The third-order valence-corrected chi connectivity index (χ3v) is 3.00. The van der Waals surface area contributed by atoms with Crippen LogP contribution in [-0.4, -0.2) is 34.3 Å². The van der Waals surface area contributed by atoms with E-state index in [4.69, 9.17) is 4.74 Å². The maximum absolute atomic E-state index is 12.1. The second kappa shape index (κ2) is 7.81. The zero-order chi connectivity index (χ0) is 19.3. The van der Waals surface area contributed by atoms with Crippen LogP contribution in [0.5, 0.6) is 5.75 Å². The number of amides is 1. The summed E-state index contributed by atoms with van der Waals surface area (Å²) in [6.07, 6.45) is -3.35. The molecule has 0 aliphatic carbocycles. The number of hydrogen-bond acceptors (Lipinski definition) is 6. The van der Waals surface area contributed by atoms with Crippen LogP contribution in [-0.2, 0) is 9.53 Å². The summed E-state index contributed by atoms with van der Waals surface area (Å²) in [4.78, 5) is 31.6. The van der Waals surface area contributed by atoms with Gasteiger partial charge in [0.05, 0.1) is 11.9 Å². The fourth-order valence-electron chi connectivity index (χ4n) is 1.76. The van der Waals surface area contributed by atoms with E-state index in [2.05, 4.69) is 20.0 Å². The molecule has 0 aliphatic rings. The summed E-state index contributed by atoms with van der Waals surface area (Å²) in [5, 5.41) is 2.41. The largest absolute Gasteiger partial charge is 0.573 e. The highest BCUT2D eigenvalue weighted by Crippen LogP contribution is 2.24. The number of hydrogen-bond donors (Lipinski definition) is 1. The molecule has 138 valence electrons. The first-order valence-electron chi connectivity index (χ1n) is 7.30. The Balaban J connectivity index is 1.92. The van der Waals surface area contributed by atoms with Gasteiger partial charge in [0, 0.05) is 11.9 Å². The standard InChI is InChI=1S/C16H14F3N3O4/c1-9-7-21-13(8-20-9)15(24)25-10(2)14(23)22-11-3-5-12(6-4-11)26-16(17,18)19/h3-8,10H,1-2H3,(H,22,23). The number of benzene rings is 1. The van der Waals surface area contributed by atoms with E-state index >= 15 is 0 Å². The van der Waals surface area contributed by atoms with Crippen molar-refractivity contribution in [2.24, 2.45) is 0 Å². The van der Waals surface area contributed by atoms with Gasteiger partial charge in [0.2, 0.25) is 0 Å². The van der Waals surface area contributed by atoms with Gasteiger partial charge in [-0.2, -0.15) is 0 Å². The molecule has 0 bridgehead atoms. The fourth-order valence-corrected chi connectivity index (χ4v) is 1.76. The molecule has 0 radical (unpaired) electrons. The maximum atomic E-state index is 12.1. The summed E-state index contributed by atoms with van der Waals surface area (Å²) >= 11 is 0. The van der Waals surface area contributed by atoms with Crippen LogP contribution in [0.1, 0.15) is 23.1 Å². The molecule has 2 aromatic rings. The molecular weight excluding hydrogens is 355 g/mol. The van der Waals surface area contributed by atoms with Gasteiger partial charge in [0.1, 0.15) is 5.75 Å². The van der Waals surface area contributed by atoms with Crippen molar-refractivity contribution in [1.82, 2.24) is 9.97 Å². The molecule has 0 fully saturated rings. The molecule has 2 rings (SSSR count). The van der Waals surface area contributed by atoms with Gasteiger partial charge in [0.25, 0.3) is 5.91 Å². The maximum Gasteiger partial charge on any atom is 0.573 e. The van der Waals surface area contributed by atoms with Gasteiger partial charge in [-0.05, 0) is 38.1 Å². The molecule has 10 heteroatoms. The minimum Gasteiger partial charge on any atom is -0.448 e. The van der Waals surface area contributed by atoms with Crippen LogP contribution in [0.25, 0.3) is 0 Å². The van der Waals surface area contributed by atoms with Crippen molar-refractivity contribution < 1.29 is 32.2 Å². The van der Waals surface area contributed by atoms with E-state index in [1.807, 2.05) is 0 Å². The van der Waals surface area contributed by atoms with Gasteiger partial charge in [-0.15, -0.1) is 13.2 Å². The third kappa shape index (κ3) is 5.72. The van der Waals surface area contributed by atoms with Crippen molar-refractivity contribution in [3.8, 4) is 5.75 Å². The number of rotatable bonds is 5. The number of ether oxygens (including phenoxy) is 2. The average Bonchev–Trinajstić information content (AvgIpc) is 2.55. The van der Waals surface area contributed by atoms with Gasteiger partial charge in [-0.1, -0.05) is 0 Å². The Kier molecular flexibility index (Phi) is 5.75. The summed E-state index contributed by atoms with van der Waals surface area (Å²) in [5.74, 6) is -1.91. The lowest BCUT2D eigenvalue weighted by molar-refractivity contribution is -0.274. The highest BCUT2D eigenvalue weighted by Gasteiger charge is 2.31. The first kappa shape index (κ1) is 19.2. The molecule has 26 heavy (non-hydrogen) atoms. The van der Waals surface area contributed by atoms with E-state index in [0.717, 1.165) is 12.1 Å². The van der Waals surface area contributed by atoms with Crippen LogP contribution in [0.3, 0.4) is 0 Å². The summed E-state index contributed by atoms with van der Waals surface area (Å²) < 4.78 is 45.0. The molecular formula is C16H14F3N3O4. The predicted octanol–water partition coefficient (Wildman–Crippen LogP) is 2.87. The molecule has 0 saturated carbocycles. The van der Waals surface area contributed by atoms with Crippen LogP contribution in [0.2, 0.25) is 0 Å². The first-order chi connectivity index (χ1) is 12.1. The molecule has 1 amide bonds. The first-order valence-corrected chi connectivity index (χ1v) is 7.30. The number of carbonyl (C=O) groups excluding carboxylic acids is 2. The highest BCUT2D eigenvalue weighted by molar-refractivity contribution is 5.96. The van der Waals surface area contributed by atoms with E-state index in [0.29, 0.717) is 5.69 Å². The zero-order valence-corrected chi connectivity index (χ0v) is 13.7. The van der Waals surface area contributed by atoms with Gasteiger partial charge < -0.3 is 14.8 Å². The quantitative estimate of drug-likeness (QED) is 0.815. The Morgan fingerprint density at radius 2 is 1.77 bits per heavy atom. The Morgan fingerprint density at radius 3 is 2.31 bits per heavy atom. The van der Waals surface area contributed by atoms with E-state index < -0.39 is 30.1 Å². The van der Waals surface area contributed by atoms with Gasteiger partial charge in [0.15, 0.2) is 11.8 Å². The summed E-state index contributed by atoms with van der Waals surface area (Å²) in [6.45, 7) is 3.04. The number of carbonyl (C=O) groups is 2. The number of esters is 1. The second-order valence-corrected chi connectivity index (χ2v) is 5.15. The lowest BCUT2D eigenvalue weighted by atomic mass is 10.3. The van der Waals surface area contributed by atoms with Crippen molar-refractivity contribution >= 4 is 17.6 Å². The number of anilines is 1. The van der Waals surface area contributed by atoms with Crippen molar-refractivity contribution in [1.29, 1.82) is 0 Å². The monoisotopic (exact) mass is 369 g/mol. The van der Waals surface area contributed by atoms with Crippen LogP contribution in [0.15, 0.2) is 36.7 Å². The van der Waals surface area contributed by atoms with Crippen LogP contribution >= 0.6 is 0 Å². The van der Waals surface area contributed by atoms with Crippen molar-refractivity contribution in [3.63, 3.8) is 0 Å².